The molecule has 3 heteroatoms. The second-order valence-corrected chi connectivity index (χ2v) is 5.20. The van der Waals surface area contributed by atoms with Gasteiger partial charge in [0.1, 0.15) is 5.82 Å². The molecular formula is C15H20FNO. The molecule has 1 fully saturated rings. The van der Waals surface area contributed by atoms with Crippen LogP contribution < -0.4 is 4.90 Å². The highest BCUT2D eigenvalue weighted by Gasteiger charge is 2.22. The monoisotopic (exact) mass is 249 g/mol. The number of rotatable bonds is 3. The van der Waals surface area contributed by atoms with E-state index < -0.39 is 0 Å². The van der Waals surface area contributed by atoms with Gasteiger partial charge in [-0.05, 0) is 44.4 Å². The standard InChI is InChI=1S/C15H20FNO/c1-10-14(11(2)18)8-12(16)9-15(10)17(3)13-6-4-5-7-13/h8-9,13H,4-7H2,1-3H3. The lowest BCUT2D eigenvalue weighted by molar-refractivity contribution is 0.101. The Kier molecular flexibility index (Phi) is 3.69. The first-order valence-corrected chi connectivity index (χ1v) is 6.54. The Morgan fingerprint density at radius 1 is 1.33 bits per heavy atom. The molecule has 2 rings (SSSR count). The molecule has 0 atom stereocenters. The SMILES string of the molecule is CC(=O)c1cc(F)cc(N(C)C2CCCC2)c1C. The molecule has 1 aromatic rings. The van der Waals surface area contributed by atoms with Crippen LogP contribution >= 0.6 is 0 Å². The summed E-state index contributed by atoms with van der Waals surface area (Å²) in [5.41, 5.74) is 2.24. The van der Waals surface area contributed by atoms with Gasteiger partial charge in [-0.3, -0.25) is 4.79 Å². The molecule has 1 aliphatic rings. The Morgan fingerprint density at radius 2 is 1.94 bits per heavy atom. The molecule has 0 bridgehead atoms. The van der Waals surface area contributed by atoms with Crippen molar-refractivity contribution < 1.29 is 9.18 Å². The van der Waals surface area contributed by atoms with Gasteiger partial charge in [-0.2, -0.15) is 0 Å². The van der Waals surface area contributed by atoms with Crippen LogP contribution in [0.3, 0.4) is 0 Å². The summed E-state index contributed by atoms with van der Waals surface area (Å²) in [6.07, 6.45) is 4.79. The molecule has 98 valence electrons. The highest BCUT2D eigenvalue weighted by atomic mass is 19.1. The number of hydrogen-bond donors (Lipinski definition) is 0. The number of nitrogens with zero attached hydrogens (tertiary/aromatic N) is 1. The quantitative estimate of drug-likeness (QED) is 0.761. The highest BCUT2D eigenvalue weighted by molar-refractivity contribution is 5.97. The maximum Gasteiger partial charge on any atom is 0.160 e. The molecule has 0 aromatic heterocycles. The summed E-state index contributed by atoms with van der Waals surface area (Å²) in [6, 6.07) is 3.36. The average molecular weight is 249 g/mol. The number of carbonyl (C=O) groups is 1. The number of carbonyl (C=O) groups excluding carboxylic acids is 1. The van der Waals surface area contributed by atoms with E-state index in [1.165, 1.54) is 25.8 Å². The predicted octanol–water partition coefficient (Wildman–Crippen LogP) is 3.72. The molecule has 1 aromatic carbocycles. The summed E-state index contributed by atoms with van der Waals surface area (Å²) in [5.74, 6) is -0.404. The number of Topliss-reactive ketones (excluding diaryl/α,β-unsaturated/α-hetero) is 1. The van der Waals surface area contributed by atoms with Gasteiger partial charge in [-0.15, -0.1) is 0 Å². The number of hydrogen-bond acceptors (Lipinski definition) is 2. The molecule has 0 saturated heterocycles. The fourth-order valence-electron chi connectivity index (χ4n) is 2.88. The summed E-state index contributed by atoms with van der Waals surface area (Å²) in [7, 11) is 2.00. The zero-order valence-electron chi connectivity index (χ0n) is 11.3. The van der Waals surface area contributed by atoms with Gasteiger partial charge in [-0.25, -0.2) is 4.39 Å². The summed E-state index contributed by atoms with van der Waals surface area (Å²) < 4.78 is 13.6. The van der Waals surface area contributed by atoms with Gasteiger partial charge in [0.15, 0.2) is 5.78 Å². The van der Waals surface area contributed by atoms with Crippen LogP contribution in [0, 0.1) is 12.7 Å². The van der Waals surface area contributed by atoms with Crippen molar-refractivity contribution in [2.75, 3.05) is 11.9 Å². The second kappa shape index (κ2) is 5.09. The number of ketones is 1. The van der Waals surface area contributed by atoms with Crippen molar-refractivity contribution in [3.8, 4) is 0 Å². The van der Waals surface area contributed by atoms with Crippen LogP contribution in [-0.2, 0) is 0 Å². The lowest BCUT2D eigenvalue weighted by Crippen LogP contribution is -2.29. The van der Waals surface area contributed by atoms with Crippen molar-refractivity contribution in [1.29, 1.82) is 0 Å². The molecular weight excluding hydrogens is 229 g/mol. The Balaban J connectivity index is 2.40. The Hall–Kier alpha value is -1.38. The van der Waals surface area contributed by atoms with E-state index in [0.717, 1.165) is 24.1 Å². The first-order valence-electron chi connectivity index (χ1n) is 6.54. The minimum Gasteiger partial charge on any atom is -0.371 e. The molecule has 0 N–H and O–H groups in total. The van der Waals surface area contributed by atoms with Crippen LogP contribution in [-0.4, -0.2) is 18.9 Å². The van der Waals surface area contributed by atoms with Crippen LogP contribution in [0.25, 0.3) is 0 Å². The lowest BCUT2D eigenvalue weighted by atomic mass is 10.0. The van der Waals surface area contributed by atoms with Crippen molar-refractivity contribution in [1.82, 2.24) is 0 Å². The van der Waals surface area contributed by atoms with Crippen LogP contribution in [0.15, 0.2) is 12.1 Å². The summed E-state index contributed by atoms with van der Waals surface area (Å²) in [6.45, 7) is 3.39. The van der Waals surface area contributed by atoms with Gasteiger partial charge in [0.05, 0.1) is 0 Å². The van der Waals surface area contributed by atoms with E-state index in [2.05, 4.69) is 4.90 Å². The van der Waals surface area contributed by atoms with Gasteiger partial charge in [0, 0.05) is 24.3 Å². The first-order chi connectivity index (χ1) is 8.50. The lowest BCUT2D eigenvalue weighted by Gasteiger charge is -2.28. The molecule has 1 saturated carbocycles. The number of anilines is 1. The second-order valence-electron chi connectivity index (χ2n) is 5.20. The number of benzene rings is 1. The molecule has 0 aliphatic heterocycles. The van der Waals surface area contributed by atoms with Crippen molar-refractivity contribution in [2.24, 2.45) is 0 Å². The normalized spacial score (nSPS) is 16.0. The maximum absolute atomic E-state index is 13.6. The third kappa shape index (κ3) is 2.40. The third-order valence-electron chi connectivity index (χ3n) is 3.98. The van der Waals surface area contributed by atoms with E-state index in [4.69, 9.17) is 0 Å². The average Bonchev–Trinajstić information content (AvgIpc) is 2.84. The Morgan fingerprint density at radius 3 is 2.50 bits per heavy atom. The topological polar surface area (TPSA) is 20.3 Å². The Labute approximate surface area is 108 Å². The zero-order valence-corrected chi connectivity index (χ0v) is 11.3. The molecule has 0 spiro atoms. The highest BCUT2D eigenvalue weighted by Crippen LogP contribution is 2.31. The molecule has 1 aliphatic carbocycles. The minimum atomic E-state index is -0.328. The van der Waals surface area contributed by atoms with Gasteiger partial charge in [-0.1, -0.05) is 12.8 Å². The minimum absolute atomic E-state index is 0.0759. The van der Waals surface area contributed by atoms with E-state index >= 15 is 0 Å². The van der Waals surface area contributed by atoms with E-state index in [0.29, 0.717) is 11.6 Å². The first kappa shape index (κ1) is 13.1. The van der Waals surface area contributed by atoms with Gasteiger partial charge in [0.2, 0.25) is 0 Å². The molecule has 0 radical (unpaired) electrons. The van der Waals surface area contributed by atoms with E-state index in [1.807, 2.05) is 14.0 Å². The van der Waals surface area contributed by atoms with Crippen LogP contribution in [0.4, 0.5) is 10.1 Å². The van der Waals surface area contributed by atoms with E-state index in [-0.39, 0.29) is 11.6 Å². The van der Waals surface area contributed by atoms with Crippen molar-refractivity contribution in [3.05, 3.63) is 29.1 Å². The largest absolute Gasteiger partial charge is 0.371 e. The van der Waals surface area contributed by atoms with E-state index in [9.17, 15) is 9.18 Å². The molecule has 2 nitrogen and oxygen atoms in total. The van der Waals surface area contributed by atoms with Crippen LogP contribution in [0.1, 0.15) is 48.5 Å². The predicted molar refractivity (Wildman–Crippen MR) is 71.8 cm³/mol. The van der Waals surface area contributed by atoms with Crippen molar-refractivity contribution in [3.63, 3.8) is 0 Å². The van der Waals surface area contributed by atoms with Crippen LogP contribution in [0.5, 0.6) is 0 Å². The summed E-state index contributed by atoms with van der Waals surface area (Å²) in [4.78, 5) is 13.7. The van der Waals surface area contributed by atoms with Gasteiger partial charge >= 0.3 is 0 Å². The summed E-state index contributed by atoms with van der Waals surface area (Å²) >= 11 is 0. The smallest absolute Gasteiger partial charge is 0.160 e. The molecule has 0 unspecified atom stereocenters. The van der Waals surface area contributed by atoms with Gasteiger partial charge < -0.3 is 4.90 Å². The van der Waals surface area contributed by atoms with Crippen molar-refractivity contribution >= 4 is 11.5 Å². The fourth-order valence-corrected chi connectivity index (χ4v) is 2.88. The fraction of sp³-hybridized carbons (Fsp3) is 0.533. The number of halogens is 1. The summed E-state index contributed by atoms with van der Waals surface area (Å²) in [5, 5.41) is 0. The zero-order chi connectivity index (χ0) is 13.3. The Bertz CT molecular complexity index is 464. The van der Waals surface area contributed by atoms with Gasteiger partial charge in [0.25, 0.3) is 0 Å². The molecule has 18 heavy (non-hydrogen) atoms. The van der Waals surface area contributed by atoms with Crippen LogP contribution in [0.2, 0.25) is 0 Å². The van der Waals surface area contributed by atoms with Crippen molar-refractivity contribution in [2.45, 2.75) is 45.6 Å². The van der Waals surface area contributed by atoms with E-state index in [1.54, 1.807) is 6.07 Å². The maximum atomic E-state index is 13.6. The molecule has 0 heterocycles. The molecule has 0 amide bonds. The third-order valence-corrected chi connectivity index (χ3v) is 3.98.